The van der Waals surface area contributed by atoms with Crippen molar-refractivity contribution >= 4 is 0 Å². The first kappa shape index (κ1) is 14.1. The van der Waals surface area contributed by atoms with Gasteiger partial charge in [0.15, 0.2) is 0 Å². The van der Waals surface area contributed by atoms with Crippen molar-refractivity contribution in [2.75, 3.05) is 0 Å². The first-order valence-corrected chi connectivity index (χ1v) is 8.64. The van der Waals surface area contributed by atoms with Crippen LogP contribution in [0, 0.1) is 5.92 Å². The lowest BCUT2D eigenvalue weighted by molar-refractivity contribution is 0.279. The van der Waals surface area contributed by atoms with Crippen LogP contribution in [0.3, 0.4) is 0 Å². The molecule has 0 unspecified atom stereocenters. The van der Waals surface area contributed by atoms with Crippen molar-refractivity contribution in [2.24, 2.45) is 5.92 Å². The second-order valence-electron chi connectivity index (χ2n) is 6.96. The highest BCUT2D eigenvalue weighted by atomic mass is 15.0. The van der Waals surface area contributed by atoms with E-state index in [1.165, 1.54) is 51.4 Å². The summed E-state index contributed by atoms with van der Waals surface area (Å²) in [6, 6.07) is 12.6. The van der Waals surface area contributed by atoms with Gasteiger partial charge in [0.1, 0.15) is 0 Å². The van der Waals surface area contributed by atoms with Crippen LogP contribution >= 0.6 is 0 Å². The van der Waals surface area contributed by atoms with Gasteiger partial charge >= 0.3 is 0 Å². The van der Waals surface area contributed by atoms with Gasteiger partial charge in [0.2, 0.25) is 0 Å². The Bertz CT molecular complexity index is 385. The van der Waals surface area contributed by atoms with Gasteiger partial charge in [-0.05, 0) is 62.8 Å². The molecule has 0 amide bonds. The van der Waals surface area contributed by atoms with E-state index in [-0.39, 0.29) is 0 Å². The highest BCUT2D eigenvalue weighted by molar-refractivity contribution is 5.20. The van der Waals surface area contributed by atoms with Crippen LogP contribution in [0.4, 0.5) is 0 Å². The van der Waals surface area contributed by atoms with E-state index >= 15 is 0 Å². The summed E-state index contributed by atoms with van der Waals surface area (Å²) < 4.78 is 0. The first-order valence-electron chi connectivity index (χ1n) is 8.64. The van der Waals surface area contributed by atoms with Crippen molar-refractivity contribution in [1.82, 2.24) is 5.32 Å². The van der Waals surface area contributed by atoms with E-state index < -0.39 is 0 Å². The molecule has 1 N–H and O–H groups in total. The van der Waals surface area contributed by atoms with Crippen LogP contribution in [0.2, 0.25) is 0 Å². The fourth-order valence-electron chi connectivity index (χ4n) is 4.28. The van der Waals surface area contributed by atoms with Gasteiger partial charge in [-0.1, -0.05) is 43.2 Å². The normalized spacial score (nSPS) is 29.4. The maximum atomic E-state index is 3.93. The molecule has 0 spiro atoms. The molecule has 0 saturated heterocycles. The van der Waals surface area contributed by atoms with Crippen LogP contribution in [0.25, 0.3) is 0 Å². The molecule has 2 fully saturated rings. The number of benzene rings is 1. The van der Waals surface area contributed by atoms with Gasteiger partial charge in [-0.25, -0.2) is 0 Å². The van der Waals surface area contributed by atoms with Gasteiger partial charge in [0.25, 0.3) is 0 Å². The molecular formula is C19H29N. The molecule has 1 aromatic carbocycles. The Balaban J connectivity index is 1.46. The zero-order valence-corrected chi connectivity index (χ0v) is 12.9. The average Bonchev–Trinajstić information content (AvgIpc) is 3.03. The summed E-state index contributed by atoms with van der Waals surface area (Å²) in [6.45, 7) is 2.42. The van der Waals surface area contributed by atoms with E-state index in [1.54, 1.807) is 5.56 Å². The number of hydrogen-bond acceptors (Lipinski definition) is 1. The number of hydrogen-bond donors (Lipinski definition) is 1. The zero-order chi connectivity index (χ0) is 13.8. The molecule has 20 heavy (non-hydrogen) atoms. The third-order valence-electron chi connectivity index (χ3n) is 5.60. The van der Waals surface area contributed by atoms with Gasteiger partial charge in [0.05, 0.1) is 0 Å². The standard InChI is InChI=1S/C19H29N/c1-15(16-7-5-6-8-16)20-19-13-11-18(12-14-19)17-9-3-2-4-10-17/h2-4,9-10,15-16,18-20H,5-8,11-14H2,1H3/t15-,18?,19?/m0/s1. The van der Waals surface area contributed by atoms with Gasteiger partial charge in [0, 0.05) is 12.1 Å². The molecular weight excluding hydrogens is 242 g/mol. The summed E-state index contributed by atoms with van der Waals surface area (Å²) in [5, 5.41) is 3.93. The molecule has 110 valence electrons. The van der Waals surface area contributed by atoms with Crippen molar-refractivity contribution in [2.45, 2.75) is 76.3 Å². The summed E-state index contributed by atoms with van der Waals surface area (Å²) in [6.07, 6.45) is 11.3. The summed E-state index contributed by atoms with van der Waals surface area (Å²) in [4.78, 5) is 0. The minimum atomic E-state index is 0.732. The Labute approximate surface area is 124 Å². The lowest BCUT2D eigenvalue weighted by atomic mass is 9.81. The summed E-state index contributed by atoms with van der Waals surface area (Å²) in [5.41, 5.74) is 1.55. The lowest BCUT2D eigenvalue weighted by Crippen LogP contribution is -2.42. The van der Waals surface area contributed by atoms with E-state index in [0.717, 1.165) is 23.9 Å². The van der Waals surface area contributed by atoms with E-state index in [1.807, 2.05) is 0 Å². The van der Waals surface area contributed by atoms with E-state index in [9.17, 15) is 0 Å². The SMILES string of the molecule is C[C@H](NC1CCC(c2ccccc2)CC1)C1CCCC1. The molecule has 0 heterocycles. The Morgan fingerprint density at radius 1 is 0.900 bits per heavy atom. The molecule has 0 aliphatic heterocycles. The Kier molecular flexibility index (Phi) is 4.77. The largest absolute Gasteiger partial charge is 0.311 e. The third-order valence-corrected chi connectivity index (χ3v) is 5.60. The van der Waals surface area contributed by atoms with Gasteiger partial charge in [-0.3, -0.25) is 0 Å². The smallest absolute Gasteiger partial charge is 0.00700 e. The summed E-state index contributed by atoms with van der Waals surface area (Å²) >= 11 is 0. The Hall–Kier alpha value is -0.820. The summed E-state index contributed by atoms with van der Waals surface area (Å²) in [7, 11) is 0. The molecule has 2 aliphatic rings. The van der Waals surface area contributed by atoms with E-state index in [0.29, 0.717) is 0 Å². The molecule has 0 bridgehead atoms. The van der Waals surface area contributed by atoms with E-state index in [2.05, 4.69) is 42.6 Å². The minimum Gasteiger partial charge on any atom is -0.311 e. The molecule has 0 radical (unpaired) electrons. The molecule has 1 heteroatoms. The molecule has 0 aromatic heterocycles. The van der Waals surface area contributed by atoms with Crippen LogP contribution < -0.4 is 5.32 Å². The Morgan fingerprint density at radius 3 is 2.20 bits per heavy atom. The maximum absolute atomic E-state index is 3.93. The molecule has 1 nitrogen and oxygen atoms in total. The highest BCUT2D eigenvalue weighted by Gasteiger charge is 2.26. The zero-order valence-electron chi connectivity index (χ0n) is 12.9. The van der Waals surface area contributed by atoms with Crippen molar-refractivity contribution in [1.29, 1.82) is 0 Å². The molecule has 3 rings (SSSR count). The molecule has 1 aromatic rings. The van der Waals surface area contributed by atoms with Gasteiger partial charge < -0.3 is 5.32 Å². The van der Waals surface area contributed by atoms with Gasteiger partial charge in [-0.15, -0.1) is 0 Å². The van der Waals surface area contributed by atoms with Crippen molar-refractivity contribution in [3.63, 3.8) is 0 Å². The Morgan fingerprint density at radius 2 is 1.55 bits per heavy atom. The molecule has 2 aliphatic carbocycles. The topological polar surface area (TPSA) is 12.0 Å². The van der Waals surface area contributed by atoms with Crippen LogP contribution in [0.15, 0.2) is 30.3 Å². The number of rotatable bonds is 4. The maximum Gasteiger partial charge on any atom is 0.00700 e. The predicted octanol–water partition coefficient (Wildman–Crippen LogP) is 4.88. The van der Waals surface area contributed by atoms with Crippen molar-refractivity contribution < 1.29 is 0 Å². The van der Waals surface area contributed by atoms with Gasteiger partial charge in [-0.2, -0.15) is 0 Å². The average molecular weight is 271 g/mol. The summed E-state index contributed by atoms with van der Waals surface area (Å²) in [5.74, 6) is 1.75. The van der Waals surface area contributed by atoms with E-state index in [4.69, 9.17) is 0 Å². The van der Waals surface area contributed by atoms with Crippen LogP contribution in [-0.2, 0) is 0 Å². The third kappa shape index (κ3) is 3.44. The second kappa shape index (κ2) is 6.76. The fraction of sp³-hybridized carbons (Fsp3) is 0.684. The van der Waals surface area contributed by atoms with Crippen LogP contribution in [0.5, 0.6) is 0 Å². The molecule has 1 atom stereocenters. The lowest BCUT2D eigenvalue weighted by Gasteiger charge is -2.33. The van der Waals surface area contributed by atoms with Crippen molar-refractivity contribution in [3.8, 4) is 0 Å². The quantitative estimate of drug-likeness (QED) is 0.823. The second-order valence-corrected chi connectivity index (χ2v) is 6.96. The molecule has 2 saturated carbocycles. The van der Waals surface area contributed by atoms with Crippen molar-refractivity contribution in [3.05, 3.63) is 35.9 Å². The first-order chi connectivity index (χ1) is 9.83. The van der Waals surface area contributed by atoms with Crippen LogP contribution in [-0.4, -0.2) is 12.1 Å². The number of nitrogens with one attached hydrogen (secondary N) is 1. The van der Waals surface area contributed by atoms with Crippen LogP contribution in [0.1, 0.15) is 69.8 Å². The fourth-order valence-corrected chi connectivity index (χ4v) is 4.28. The highest BCUT2D eigenvalue weighted by Crippen LogP contribution is 2.34. The minimum absolute atomic E-state index is 0.732. The monoisotopic (exact) mass is 271 g/mol. The predicted molar refractivity (Wildman–Crippen MR) is 86.0 cm³/mol.